The second-order valence-electron chi connectivity index (χ2n) is 3.46. The number of aryl methyl sites for hydroxylation is 1. The zero-order valence-electron chi connectivity index (χ0n) is 9.69. The van der Waals surface area contributed by atoms with Crippen LogP contribution in [-0.2, 0) is 0 Å². The molecule has 0 saturated heterocycles. The maximum Gasteiger partial charge on any atom is 0.324 e. The number of nitrogens with one attached hydrogen (secondary N) is 1. The molecule has 8 nitrogen and oxygen atoms in total. The van der Waals surface area contributed by atoms with E-state index in [0.29, 0.717) is 10.6 Å². The number of hydrogen-bond donors (Lipinski definition) is 1. The monoisotopic (exact) mass is 280 g/mol. The molecule has 0 aliphatic heterocycles. The highest BCUT2D eigenvalue weighted by atomic mass is 32.1. The first kappa shape index (κ1) is 12.9. The third-order valence-electron chi connectivity index (χ3n) is 2.01. The number of rotatable bonds is 4. The molecule has 0 fully saturated rings. The van der Waals surface area contributed by atoms with Gasteiger partial charge in [-0.1, -0.05) is 16.5 Å². The van der Waals surface area contributed by atoms with E-state index in [1.165, 1.54) is 18.3 Å². The number of nitrogens with zero attached hydrogens (tertiary/aromatic N) is 3. The summed E-state index contributed by atoms with van der Waals surface area (Å²) in [5.74, 6) is 0.00201. The molecule has 0 aliphatic carbocycles. The average molecular weight is 280 g/mol. The highest BCUT2D eigenvalue weighted by Gasteiger charge is 2.10. The van der Waals surface area contributed by atoms with Crippen molar-refractivity contribution in [3.63, 3.8) is 0 Å². The summed E-state index contributed by atoms with van der Waals surface area (Å²) in [6.07, 6.45) is 1.32. The van der Waals surface area contributed by atoms with Gasteiger partial charge in [0.2, 0.25) is 0 Å². The number of thiophene rings is 1. The Balaban J connectivity index is 1.96. The summed E-state index contributed by atoms with van der Waals surface area (Å²) in [7, 11) is 0. The summed E-state index contributed by atoms with van der Waals surface area (Å²) in [4.78, 5) is 22.0. The van der Waals surface area contributed by atoms with Crippen molar-refractivity contribution in [2.45, 2.75) is 6.92 Å². The summed E-state index contributed by atoms with van der Waals surface area (Å²) < 4.78 is 4.74. The molecule has 1 amide bonds. The van der Waals surface area contributed by atoms with Gasteiger partial charge in [-0.3, -0.25) is 14.9 Å². The molecule has 0 atom stereocenters. The molecule has 2 heterocycles. The molecule has 2 rings (SSSR count). The number of hydrogen-bond acceptors (Lipinski definition) is 7. The van der Waals surface area contributed by atoms with Crippen LogP contribution in [0, 0.1) is 17.0 Å². The van der Waals surface area contributed by atoms with Gasteiger partial charge in [0.05, 0.1) is 16.0 Å². The molecule has 2 aromatic rings. The fraction of sp³-hybridized carbons (Fsp3) is 0.100. The smallest absolute Gasteiger partial charge is 0.324 e. The second kappa shape index (κ2) is 5.40. The van der Waals surface area contributed by atoms with Gasteiger partial charge in [-0.05, 0) is 13.0 Å². The number of hydrazone groups is 1. The van der Waals surface area contributed by atoms with Gasteiger partial charge in [0.1, 0.15) is 5.76 Å². The molecule has 19 heavy (non-hydrogen) atoms. The Labute approximate surface area is 110 Å². The standard InChI is InChI=1S/C10H8N4O4S/c1-6-4-8(13-18-6)10(15)12-11-5-7-2-3-9(19-7)14(16)17/h2-5H,1H3,(H,12,15)/b11-5-. The van der Waals surface area contributed by atoms with E-state index in [-0.39, 0.29) is 10.7 Å². The summed E-state index contributed by atoms with van der Waals surface area (Å²) in [5, 5.41) is 17.7. The van der Waals surface area contributed by atoms with Crippen molar-refractivity contribution >= 4 is 28.5 Å². The van der Waals surface area contributed by atoms with Crippen molar-refractivity contribution in [2.24, 2.45) is 5.10 Å². The van der Waals surface area contributed by atoms with Crippen LogP contribution < -0.4 is 5.43 Å². The summed E-state index contributed by atoms with van der Waals surface area (Å²) >= 11 is 0.959. The lowest BCUT2D eigenvalue weighted by Crippen LogP contribution is -2.17. The average Bonchev–Trinajstić information content (AvgIpc) is 2.98. The summed E-state index contributed by atoms with van der Waals surface area (Å²) in [6, 6.07) is 4.38. The third kappa shape index (κ3) is 3.22. The van der Waals surface area contributed by atoms with E-state index in [2.05, 4.69) is 15.7 Å². The Morgan fingerprint density at radius 2 is 2.42 bits per heavy atom. The SMILES string of the molecule is Cc1cc(C(=O)N/N=C\c2ccc([N+](=O)[O-])s2)no1. The van der Waals surface area contributed by atoms with Crippen LogP contribution in [0.1, 0.15) is 21.1 Å². The lowest BCUT2D eigenvalue weighted by Gasteiger charge is -1.92. The van der Waals surface area contributed by atoms with Crippen molar-refractivity contribution in [3.05, 3.63) is 44.6 Å². The maximum atomic E-state index is 11.5. The van der Waals surface area contributed by atoms with E-state index in [0.717, 1.165) is 11.3 Å². The molecular weight excluding hydrogens is 272 g/mol. The molecule has 0 aromatic carbocycles. The highest BCUT2D eigenvalue weighted by molar-refractivity contribution is 7.16. The molecule has 0 aliphatic rings. The first-order valence-corrected chi connectivity index (χ1v) is 5.89. The summed E-state index contributed by atoms with van der Waals surface area (Å²) in [5.41, 5.74) is 2.36. The molecule has 9 heteroatoms. The van der Waals surface area contributed by atoms with Crippen LogP contribution in [0.25, 0.3) is 0 Å². The first-order valence-electron chi connectivity index (χ1n) is 5.07. The van der Waals surface area contributed by atoms with Crippen LogP contribution in [-0.4, -0.2) is 22.2 Å². The van der Waals surface area contributed by atoms with Crippen LogP contribution in [0.5, 0.6) is 0 Å². The van der Waals surface area contributed by atoms with E-state index in [1.807, 2.05) is 0 Å². The minimum absolute atomic E-state index is 0.0138. The Morgan fingerprint density at radius 1 is 1.63 bits per heavy atom. The van der Waals surface area contributed by atoms with Crippen molar-refractivity contribution < 1.29 is 14.2 Å². The number of carbonyl (C=O) groups excluding carboxylic acids is 1. The molecule has 0 saturated carbocycles. The molecular formula is C10H8N4O4S. The highest BCUT2D eigenvalue weighted by Crippen LogP contribution is 2.22. The largest absolute Gasteiger partial charge is 0.361 e. The van der Waals surface area contributed by atoms with Gasteiger partial charge in [0.15, 0.2) is 5.69 Å². The number of carbonyl (C=O) groups is 1. The van der Waals surface area contributed by atoms with E-state index in [1.54, 1.807) is 13.0 Å². The van der Waals surface area contributed by atoms with Gasteiger partial charge in [-0.2, -0.15) is 5.10 Å². The third-order valence-corrected chi connectivity index (χ3v) is 2.98. The Morgan fingerprint density at radius 3 is 3.00 bits per heavy atom. The van der Waals surface area contributed by atoms with Gasteiger partial charge >= 0.3 is 5.00 Å². The van der Waals surface area contributed by atoms with Crippen molar-refractivity contribution in [2.75, 3.05) is 0 Å². The van der Waals surface area contributed by atoms with Gasteiger partial charge in [-0.15, -0.1) is 0 Å². The summed E-state index contributed by atoms with van der Waals surface area (Å²) in [6.45, 7) is 1.66. The van der Waals surface area contributed by atoms with Crippen LogP contribution in [0.2, 0.25) is 0 Å². The zero-order valence-corrected chi connectivity index (χ0v) is 10.5. The Bertz CT molecular complexity index is 646. The van der Waals surface area contributed by atoms with Crippen LogP contribution in [0.4, 0.5) is 5.00 Å². The molecule has 0 spiro atoms. The fourth-order valence-electron chi connectivity index (χ4n) is 1.19. The predicted molar refractivity (Wildman–Crippen MR) is 67.3 cm³/mol. The lowest BCUT2D eigenvalue weighted by molar-refractivity contribution is -0.380. The van der Waals surface area contributed by atoms with E-state index in [9.17, 15) is 14.9 Å². The molecule has 98 valence electrons. The molecule has 2 aromatic heterocycles. The van der Waals surface area contributed by atoms with Gasteiger partial charge in [-0.25, -0.2) is 5.43 Å². The predicted octanol–water partition coefficient (Wildman–Crippen LogP) is 1.72. The Hall–Kier alpha value is -2.55. The Kier molecular flexibility index (Phi) is 3.66. The van der Waals surface area contributed by atoms with Crippen molar-refractivity contribution in [1.29, 1.82) is 0 Å². The second-order valence-corrected chi connectivity index (χ2v) is 4.55. The van der Waals surface area contributed by atoms with Gasteiger partial charge < -0.3 is 4.52 Å². The minimum Gasteiger partial charge on any atom is -0.361 e. The number of nitro groups is 1. The zero-order chi connectivity index (χ0) is 13.8. The number of aromatic nitrogens is 1. The number of amides is 1. The topological polar surface area (TPSA) is 111 Å². The molecule has 0 bridgehead atoms. The quantitative estimate of drug-likeness (QED) is 0.520. The van der Waals surface area contributed by atoms with E-state index in [4.69, 9.17) is 4.52 Å². The van der Waals surface area contributed by atoms with Crippen LogP contribution in [0.15, 0.2) is 27.8 Å². The fourth-order valence-corrected chi connectivity index (χ4v) is 1.89. The maximum absolute atomic E-state index is 11.5. The molecule has 1 N–H and O–H groups in total. The lowest BCUT2D eigenvalue weighted by atomic mass is 10.4. The van der Waals surface area contributed by atoms with Crippen LogP contribution in [0.3, 0.4) is 0 Å². The first-order chi connectivity index (χ1) is 9.06. The minimum atomic E-state index is -0.515. The van der Waals surface area contributed by atoms with Crippen molar-refractivity contribution in [3.8, 4) is 0 Å². The normalized spacial score (nSPS) is 10.8. The molecule has 0 radical (unpaired) electrons. The van der Waals surface area contributed by atoms with E-state index >= 15 is 0 Å². The molecule has 0 unspecified atom stereocenters. The van der Waals surface area contributed by atoms with Gasteiger partial charge in [0.25, 0.3) is 5.91 Å². The van der Waals surface area contributed by atoms with Crippen molar-refractivity contribution in [1.82, 2.24) is 10.6 Å². The van der Waals surface area contributed by atoms with Crippen LogP contribution >= 0.6 is 11.3 Å². The van der Waals surface area contributed by atoms with E-state index < -0.39 is 10.8 Å². The van der Waals surface area contributed by atoms with Gasteiger partial charge in [0, 0.05) is 12.1 Å².